The summed E-state index contributed by atoms with van der Waals surface area (Å²) in [5, 5.41) is 12.2. The molecule has 1 aromatic rings. The Kier molecular flexibility index (Phi) is 6.52. The Hall–Kier alpha value is -2.32. The van der Waals surface area contributed by atoms with Crippen LogP contribution in [0.1, 0.15) is 31.2 Å². The summed E-state index contributed by atoms with van der Waals surface area (Å²) in [5.41, 5.74) is 2.16. The molecule has 1 atom stereocenters. The monoisotopic (exact) mass is 393 g/mol. The van der Waals surface area contributed by atoms with Crippen molar-refractivity contribution in [1.29, 1.82) is 0 Å². The lowest BCUT2D eigenvalue weighted by atomic mass is 10.1. The van der Waals surface area contributed by atoms with Crippen LogP contribution in [-0.4, -0.2) is 64.2 Å². The van der Waals surface area contributed by atoms with Gasteiger partial charge in [0.15, 0.2) is 0 Å². The maximum atomic E-state index is 12.6. The van der Waals surface area contributed by atoms with Crippen molar-refractivity contribution in [2.75, 3.05) is 31.5 Å². The predicted octanol–water partition coefficient (Wildman–Crippen LogP) is 2.35. The molecule has 0 saturated carbocycles. The number of amides is 3. The zero-order valence-electron chi connectivity index (χ0n) is 15.0. The molecule has 0 spiro atoms. The van der Waals surface area contributed by atoms with Crippen LogP contribution in [0.2, 0.25) is 5.02 Å². The Balaban J connectivity index is 1.55. The molecule has 2 fully saturated rings. The third kappa shape index (κ3) is 5.11. The van der Waals surface area contributed by atoms with Crippen LogP contribution in [0.3, 0.4) is 0 Å². The number of nitrogens with zero attached hydrogens (tertiary/aromatic N) is 3. The molecule has 2 aliphatic heterocycles. The highest BCUT2D eigenvalue weighted by molar-refractivity contribution is 6.33. The fraction of sp³-hybridized carbons (Fsp3) is 0.500. The fourth-order valence-electron chi connectivity index (χ4n) is 3.39. The van der Waals surface area contributed by atoms with Gasteiger partial charge in [-0.2, -0.15) is 0 Å². The van der Waals surface area contributed by atoms with Crippen molar-refractivity contribution in [2.24, 2.45) is 0 Å². The summed E-state index contributed by atoms with van der Waals surface area (Å²) in [7, 11) is 0. The zero-order chi connectivity index (χ0) is 19.2. The van der Waals surface area contributed by atoms with Gasteiger partial charge in [0.2, 0.25) is 0 Å². The molecule has 27 heavy (non-hydrogen) atoms. The predicted molar refractivity (Wildman–Crippen MR) is 103 cm³/mol. The van der Waals surface area contributed by atoms with Crippen molar-refractivity contribution in [3.8, 4) is 0 Å². The van der Waals surface area contributed by atoms with Crippen LogP contribution >= 0.6 is 11.6 Å². The van der Waals surface area contributed by atoms with Crippen LogP contribution in [0.25, 0.3) is 6.08 Å². The van der Waals surface area contributed by atoms with Gasteiger partial charge in [-0.05, 0) is 43.4 Å². The van der Waals surface area contributed by atoms with Crippen LogP contribution in [0.15, 0.2) is 18.3 Å². The first-order valence-electron chi connectivity index (χ1n) is 9.15. The Labute approximate surface area is 163 Å². The number of hydroxylamine groups is 1. The number of halogens is 1. The SMILES string of the molecule is O=C(C=Cc1cnc(N[C@@H]2CCN(C(=O)N3CCCCC3)C2)c(Cl)c1)NO. The molecule has 0 bridgehead atoms. The molecule has 1 aromatic heterocycles. The average Bonchev–Trinajstić information content (AvgIpc) is 3.16. The second kappa shape index (κ2) is 9.05. The molecule has 146 valence electrons. The first kappa shape index (κ1) is 19.4. The summed E-state index contributed by atoms with van der Waals surface area (Å²) in [6.45, 7) is 3.06. The largest absolute Gasteiger partial charge is 0.364 e. The van der Waals surface area contributed by atoms with E-state index in [2.05, 4.69) is 10.3 Å². The maximum absolute atomic E-state index is 12.6. The molecular weight excluding hydrogens is 370 g/mol. The van der Waals surface area contributed by atoms with E-state index >= 15 is 0 Å². The first-order chi connectivity index (χ1) is 13.1. The van der Waals surface area contributed by atoms with Gasteiger partial charge in [-0.15, -0.1) is 0 Å². The molecule has 2 saturated heterocycles. The Morgan fingerprint density at radius 2 is 2.00 bits per heavy atom. The first-order valence-corrected chi connectivity index (χ1v) is 9.52. The lowest BCUT2D eigenvalue weighted by molar-refractivity contribution is -0.124. The summed E-state index contributed by atoms with van der Waals surface area (Å²) < 4.78 is 0. The van der Waals surface area contributed by atoms with E-state index in [0.29, 0.717) is 22.9 Å². The average molecular weight is 394 g/mol. The van der Waals surface area contributed by atoms with Crippen molar-refractivity contribution in [1.82, 2.24) is 20.3 Å². The second-order valence-electron chi connectivity index (χ2n) is 6.81. The fourth-order valence-corrected chi connectivity index (χ4v) is 3.62. The minimum atomic E-state index is -0.627. The number of hydrogen-bond acceptors (Lipinski definition) is 5. The lowest BCUT2D eigenvalue weighted by Crippen LogP contribution is -2.45. The molecule has 0 aromatic carbocycles. The summed E-state index contributed by atoms with van der Waals surface area (Å²) in [4.78, 5) is 31.7. The van der Waals surface area contributed by atoms with Gasteiger partial charge < -0.3 is 15.1 Å². The van der Waals surface area contributed by atoms with E-state index < -0.39 is 5.91 Å². The van der Waals surface area contributed by atoms with E-state index in [1.807, 2.05) is 9.80 Å². The van der Waals surface area contributed by atoms with E-state index in [1.165, 1.54) is 24.1 Å². The smallest absolute Gasteiger partial charge is 0.320 e. The Morgan fingerprint density at radius 1 is 1.22 bits per heavy atom. The van der Waals surface area contributed by atoms with Crippen molar-refractivity contribution >= 4 is 35.4 Å². The van der Waals surface area contributed by atoms with E-state index in [9.17, 15) is 9.59 Å². The van der Waals surface area contributed by atoms with E-state index in [-0.39, 0.29) is 12.1 Å². The van der Waals surface area contributed by atoms with E-state index in [1.54, 1.807) is 12.3 Å². The van der Waals surface area contributed by atoms with Gasteiger partial charge in [0, 0.05) is 44.5 Å². The Bertz CT molecular complexity index is 721. The van der Waals surface area contributed by atoms with Crippen molar-refractivity contribution in [2.45, 2.75) is 31.7 Å². The second-order valence-corrected chi connectivity index (χ2v) is 7.22. The van der Waals surface area contributed by atoms with Gasteiger partial charge in [0.1, 0.15) is 5.82 Å². The number of pyridine rings is 1. The molecule has 2 aliphatic rings. The standard InChI is InChI=1S/C18H24ClN5O3/c19-15-10-13(4-5-16(25)22-27)11-20-17(15)21-14-6-9-24(12-14)18(26)23-7-2-1-3-8-23/h4-5,10-11,14,27H,1-3,6-9,12H2,(H,20,21)(H,22,25)/t14-/m1/s1. The number of piperidine rings is 1. The highest BCUT2D eigenvalue weighted by Crippen LogP contribution is 2.24. The van der Waals surface area contributed by atoms with Crippen LogP contribution in [0.4, 0.5) is 10.6 Å². The van der Waals surface area contributed by atoms with E-state index in [4.69, 9.17) is 16.8 Å². The van der Waals surface area contributed by atoms with Gasteiger partial charge in [0.05, 0.1) is 5.02 Å². The van der Waals surface area contributed by atoms with Crippen LogP contribution in [0.5, 0.6) is 0 Å². The number of carbonyl (C=O) groups excluding carboxylic acids is 2. The quantitative estimate of drug-likeness (QED) is 0.414. The Morgan fingerprint density at radius 3 is 2.70 bits per heavy atom. The zero-order valence-corrected chi connectivity index (χ0v) is 15.8. The normalized spacial score (nSPS) is 20.1. The third-order valence-electron chi connectivity index (χ3n) is 4.83. The number of carbonyl (C=O) groups is 2. The minimum absolute atomic E-state index is 0.102. The van der Waals surface area contributed by atoms with Gasteiger partial charge >= 0.3 is 6.03 Å². The number of likely N-dealkylation sites (tertiary alicyclic amines) is 2. The highest BCUT2D eigenvalue weighted by atomic mass is 35.5. The number of hydrogen-bond donors (Lipinski definition) is 3. The van der Waals surface area contributed by atoms with Crippen LogP contribution < -0.4 is 10.8 Å². The number of nitrogens with one attached hydrogen (secondary N) is 2. The molecular formula is C18H24ClN5O3. The molecule has 0 unspecified atom stereocenters. The van der Waals surface area contributed by atoms with Crippen molar-refractivity contribution in [3.63, 3.8) is 0 Å². The molecule has 3 heterocycles. The third-order valence-corrected chi connectivity index (χ3v) is 5.11. The lowest BCUT2D eigenvalue weighted by Gasteiger charge is -2.31. The molecule has 3 amide bonds. The topological polar surface area (TPSA) is 97.8 Å². The minimum Gasteiger partial charge on any atom is -0.364 e. The number of anilines is 1. The molecule has 0 aliphatic carbocycles. The van der Waals surface area contributed by atoms with Crippen molar-refractivity contribution in [3.05, 3.63) is 28.9 Å². The molecule has 3 N–H and O–H groups in total. The number of aromatic nitrogens is 1. The summed E-state index contributed by atoms with van der Waals surface area (Å²) in [6, 6.07) is 1.91. The highest BCUT2D eigenvalue weighted by Gasteiger charge is 2.30. The van der Waals surface area contributed by atoms with Crippen LogP contribution in [-0.2, 0) is 4.79 Å². The van der Waals surface area contributed by atoms with Gasteiger partial charge in [-0.3, -0.25) is 10.0 Å². The summed E-state index contributed by atoms with van der Waals surface area (Å²) >= 11 is 6.28. The van der Waals surface area contributed by atoms with E-state index in [0.717, 1.165) is 38.9 Å². The summed E-state index contributed by atoms with van der Waals surface area (Å²) in [5.74, 6) is -0.0737. The number of urea groups is 1. The van der Waals surface area contributed by atoms with Crippen LogP contribution in [0, 0.1) is 0 Å². The van der Waals surface area contributed by atoms with Gasteiger partial charge in [-0.1, -0.05) is 11.6 Å². The summed E-state index contributed by atoms with van der Waals surface area (Å²) in [6.07, 6.45) is 8.48. The molecule has 3 rings (SSSR count). The van der Waals surface area contributed by atoms with Crippen molar-refractivity contribution < 1.29 is 14.8 Å². The molecule has 8 nitrogen and oxygen atoms in total. The van der Waals surface area contributed by atoms with Gasteiger partial charge in [0.25, 0.3) is 5.91 Å². The maximum Gasteiger partial charge on any atom is 0.320 e. The molecule has 9 heteroatoms. The van der Waals surface area contributed by atoms with Gasteiger partial charge in [-0.25, -0.2) is 15.3 Å². The number of rotatable bonds is 4. The molecule has 0 radical (unpaired) electrons.